The molecule has 9 aromatic rings. The Hall–Kier alpha value is -6.74. The van der Waals surface area contributed by atoms with Gasteiger partial charge in [-0.1, -0.05) is 176 Å². The van der Waals surface area contributed by atoms with E-state index >= 15 is 0 Å². The predicted octanol–water partition coefficient (Wildman–Crippen LogP) is 15.9. The summed E-state index contributed by atoms with van der Waals surface area (Å²) in [5.41, 5.74) is 14.3. The Balaban J connectivity index is 1.14. The zero-order valence-electron chi connectivity index (χ0n) is 31.2. The molecule has 2 heteroatoms. The molecular formula is C54H41NS. The van der Waals surface area contributed by atoms with Gasteiger partial charge in [0.05, 0.1) is 0 Å². The van der Waals surface area contributed by atoms with E-state index in [-0.39, 0.29) is 0 Å². The Morgan fingerprint density at radius 1 is 0.446 bits per heavy atom. The van der Waals surface area contributed by atoms with Crippen molar-refractivity contribution < 1.29 is 0 Å². The Bertz CT molecular complexity index is 2780. The van der Waals surface area contributed by atoms with E-state index in [2.05, 4.69) is 212 Å². The van der Waals surface area contributed by atoms with Crippen LogP contribution in [-0.2, 0) is 6.42 Å². The van der Waals surface area contributed by atoms with E-state index in [4.69, 9.17) is 0 Å². The first-order chi connectivity index (χ1) is 27.7. The smallest absolute Gasteiger partial charge is 0.0468 e. The van der Waals surface area contributed by atoms with Crippen molar-refractivity contribution in [3.05, 3.63) is 224 Å². The number of anilines is 3. The molecule has 0 aliphatic carbocycles. The number of benzene rings is 8. The summed E-state index contributed by atoms with van der Waals surface area (Å²) in [5.74, 6) is 0. The van der Waals surface area contributed by atoms with Gasteiger partial charge in [0.1, 0.15) is 0 Å². The Kier molecular flexibility index (Phi) is 9.95. The maximum Gasteiger partial charge on any atom is 0.0468 e. The van der Waals surface area contributed by atoms with E-state index in [0.29, 0.717) is 0 Å². The van der Waals surface area contributed by atoms with Gasteiger partial charge in [0.15, 0.2) is 0 Å². The zero-order valence-corrected chi connectivity index (χ0v) is 32.0. The lowest BCUT2D eigenvalue weighted by Crippen LogP contribution is -2.10. The third-order valence-electron chi connectivity index (χ3n) is 10.6. The van der Waals surface area contributed by atoms with E-state index < -0.39 is 0 Å². The van der Waals surface area contributed by atoms with Crippen molar-refractivity contribution in [1.82, 2.24) is 0 Å². The summed E-state index contributed by atoms with van der Waals surface area (Å²) in [5, 5.41) is 2.62. The second-order valence-electron chi connectivity index (χ2n) is 14.1. The van der Waals surface area contributed by atoms with Gasteiger partial charge in [-0.15, -0.1) is 11.3 Å². The van der Waals surface area contributed by atoms with Crippen LogP contribution in [0.4, 0.5) is 17.1 Å². The van der Waals surface area contributed by atoms with Crippen LogP contribution < -0.4 is 4.90 Å². The summed E-state index contributed by atoms with van der Waals surface area (Å²) in [6.45, 7) is 3.77. The number of nitrogens with zero attached hydrogens (tertiary/aromatic N) is 1. The van der Waals surface area contributed by atoms with Crippen molar-refractivity contribution in [3.8, 4) is 44.5 Å². The number of thiophene rings is 1. The SMILES string of the molecule is C=C/C=C\CCc1ccc(-c2ccc(N(c3ccc(-c4ccccc4)cc3)c3ccc(-c4cccc5c4sc4ccccc45)c(-c4ccccc4)c3)cc2)cc1. The highest BCUT2D eigenvalue weighted by Gasteiger charge is 2.19. The van der Waals surface area contributed by atoms with Crippen molar-refractivity contribution in [2.75, 3.05) is 4.90 Å². The van der Waals surface area contributed by atoms with Crippen molar-refractivity contribution in [2.45, 2.75) is 12.8 Å². The molecule has 56 heavy (non-hydrogen) atoms. The van der Waals surface area contributed by atoms with Crippen molar-refractivity contribution >= 4 is 48.6 Å². The van der Waals surface area contributed by atoms with Gasteiger partial charge in [-0.05, 0) is 99.8 Å². The number of hydrogen-bond acceptors (Lipinski definition) is 2. The van der Waals surface area contributed by atoms with Crippen LogP contribution in [0.1, 0.15) is 12.0 Å². The highest BCUT2D eigenvalue weighted by molar-refractivity contribution is 7.26. The molecule has 0 bridgehead atoms. The number of allylic oxidation sites excluding steroid dienone is 3. The minimum atomic E-state index is 1.01. The van der Waals surface area contributed by atoms with Gasteiger partial charge in [0.25, 0.3) is 0 Å². The second kappa shape index (κ2) is 15.9. The molecule has 0 amide bonds. The first-order valence-corrected chi connectivity index (χ1v) is 20.1. The van der Waals surface area contributed by atoms with E-state index in [1.165, 1.54) is 70.2 Å². The fourth-order valence-corrected chi connectivity index (χ4v) is 8.94. The average molecular weight is 736 g/mol. The summed E-state index contributed by atoms with van der Waals surface area (Å²) >= 11 is 1.88. The molecule has 9 rings (SSSR count). The molecule has 268 valence electrons. The molecule has 0 N–H and O–H groups in total. The largest absolute Gasteiger partial charge is 0.310 e. The summed E-state index contributed by atoms with van der Waals surface area (Å²) in [6.07, 6.45) is 8.04. The third-order valence-corrected chi connectivity index (χ3v) is 11.8. The van der Waals surface area contributed by atoms with Crippen molar-refractivity contribution in [2.24, 2.45) is 0 Å². The zero-order chi connectivity index (χ0) is 37.7. The Morgan fingerprint density at radius 3 is 1.66 bits per heavy atom. The second-order valence-corrected chi connectivity index (χ2v) is 15.1. The molecule has 0 atom stereocenters. The lowest BCUT2D eigenvalue weighted by Gasteiger charge is -2.27. The Labute approximate surface area is 333 Å². The van der Waals surface area contributed by atoms with E-state index in [1.807, 2.05) is 23.5 Å². The Morgan fingerprint density at radius 2 is 1.00 bits per heavy atom. The normalized spacial score (nSPS) is 11.4. The highest BCUT2D eigenvalue weighted by atomic mass is 32.1. The van der Waals surface area contributed by atoms with E-state index in [1.54, 1.807) is 0 Å². The van der Waals surface area contributed by atoms with Crippen LogP contribution in [0.15, 0.2) is 219 Å². The molecule has 1 aromatic heterocycles. The van der Waals surface area contributed by atoms with Crippen LogP contribution in [-0.4, -0.2) is 0 Å². The maximum absolute atomic E-state index is 3.77. The van der Waals surface area contributed by atoms with Gasteiger partial charge in [0, 0.05) is 42.8 Å². The van der Waals surface area contributed by atoms with Gasteiger partial charge in [0.2, 0.25) is 0 Å². The molecule has 0 aliphatic heterocycles. The lowest BCUT2D eigenvalue weighted by atomic mass is 9.92. The van der Waals surface area contributed by atoms with Gasteiger partial charge in [-0.25, -0.2) is 0 Å². The van der Waals surface area contributed by atoms with Gasteiger partial charge < -0.3 is 4.90 Å². The summed E-state index contributed by atoms with van der Waals surface area (Å²) in [6, 6.07) is 70.8. The van der Waals surface area contributed by atoms with Crippen molar-refractivity contribution in [3.63, 3.8) is 0 Å². The average Bonchev–Trinajstić information content (AvgIpc) is 3.66. The fourth-order valence-electron chi connectivity index (χ4n) is 7.71. The van der Waals surface area contributed by atoms with E-state index in [9.17, 15) is 0 Å². The molecule has 8 aromatic carbocycles. The van der Waals surface area contributed by atoms with Crippen molar-refractivity contribution in [1.29, 1.82) is 0 Å². The van der Waals surface area contributed by atoms with Crippen LogP contribution in [0.3, 0.4) is 0 Å². The molecule has 0 saturated carbocycles. The topological polar surface area (TPSA) is 3.24 Å². The van der Waals surface area contributed by atoms with Crippen LogP contribution in [0.25, 0.3) is 64.7 Å². The van der Waals surface area contributed by atoms with Crippen LogP contribution in [0.5, 0.6) is 0 Å². The molecule has 0 radical (unpaired) electrons. The third kappa shape index (κ3) is 7.11. The minimum Gasteiger partial charge on any atom is -0.310 e. The number of hydrogen-bond donors (Lipinski definition) is 0. The summed E-state index contributed by atoms with van der Waals surface area (Å²) in [7, 11) is 0. The summed E-state index contributed by atoms with van der Waals surface area (Å²) < 4.78 is 2.63. The van der Waals surface area contributed by atoms with Gasteiger partial charge in [-0.3, -0.25) is 0 Å². The summed E-state index contributed by atoms with van der Waals surface area (Å²) in [4.78, 5) is 2.38. The van der Waals surface area contributed by atoms with Gasteiger partial charge >= 0.3 is 0 Å². The number of rotatable bonds is 11. The molecular weight excluding hydrogens is 695 g/mol. The molecule has 0 spiro atoms. The highest BCUT2D eigenvalue weighted by Crippen LogP contribution is 2.45. The monoisotopic (exact) mass is 735 g/mol. The molecule has 1 heterocycles. The molecule has 1 nitrogen and oxygen atoms in total. The standard InChI is InChI=1S/C54H41NS/c1-2-3-4-7-15-39-24-26-41(27-25-39)43-30-34-46(35-31-43)55(45-32-28-42(29-33-45)40-16-8-5-9-17-40)47-36-37-48(52(38-47)44-18-10-6-11-19-44)50-21-14-22-51-49-20-12-13-23-53(49)56-54(50)51/h2-6,8-14,16-38H,1,7,15H2/b4-3-. The predicted molar refractivity (Wildman–Crippen MR) is 243 cm³/mol. The first-order valence-electron chi connectivity index (χ1n) is 19.3. The lowest BCUT2D eigenvalue weighted by molar-refractivity contribution is 1.00. The first kappa shape index (κ1) is 35.0. The van der Waals surface area contributed by atoms with E-state index in [0.717, 1.165) is 29.9 Å². The van der Waals surface area contributed by atoms with Gasteiger partial charge in [-0.2, -0.15) is 0 Å². The molecule has 0 saturated heterocycles. The quantitative estimate of drug-likeness (QED) is 0.120. The minimum absolute atomic E-state index is 1.01. The molecule has 0 unspecified atom stereocenters. The van der Waals surface area contributed by atoms with Crippen LogP contribution in [0, 0.1) is 0 Å². The number of aryl methyl sites for hydroxylation is 1. The maximum atomic E-state index is 3.77. The van der Waals surface area contributed by atoms with Crippen LogP contribution in [0.2, 0.25) is 0 Å². The van der Waals surface area contributed by atoms with Crippen LogP contribution >= 0.6 is 11.3 Å². The fraction of sp³-hybridized carbons (Fsp3) is 0.0370. The molecule has 0 fully saturated rings. The molecule has 0 aliphatic rings. The number of fused-ring (bicyclic) bond motifs is 3.